The molecule has 0 bridgehead atoms. The van der Waals surface area contributed by atoms with Crippen molar-refractivity contribution < 1.29 is 19.4 Å². The number of hydrogen-bond donors (Lipinski definition) is 2. The van der Waals surface area contributed by atoms with E-state index in [0.717, 1.165) is 18.4 Å². The van der Waals surface area contributed by atoms with E-state index in [1.54, 1.807) is 12.1 Å². The van der Waals surface area contributed by atoms with Crippen molar-refractivity contribution in [3.63, 3.8) is 0 Å². The summed E-state index contributed by atoms with van der Waals surface area (Å²) in [4.78, 5) is 24.0. The lowest BCUT2D eigenvalue weighted by Gasteiger charge is -2.35. The van der Waals surface area contributed by atoms with Gasteiger partial charge in [-0.1, -0.05) is 29.8 Å². The number of aliphatic hydroxyl groups excluding tert-OH is 1. The first-order valence-electron chi connectivity index (χ1n) is 8.10. The Morgan fingerprint density at radius 2 is 1.83 bits per heavy atom. The number of rotatable bonds is 7. The van der Waals surface area contributed by atoms with Crippen LogP contribution in [0.4, 0.5) is 0 Å². The predicted octanol–water partition coefficient (Wildman–Crippen LogP) is 1.86. The Balaban J connectivity index is 1.76. The first kappa shape index (κ1) is 17.6. The van der Waals surface area contributed by atoms with E-state index in [9.17, 15) is 14.7 Å². The van der Waals surface area contributed by atoms with Gasteiger partial charge in [-0.3, -0.25) is 9.59 Å². The third-order valence-corrected chi connectivity index (χ3v) is 4.50. The fourth-order valence-electron chi connectivity index (χ4n) is 2.68. The van der Waals surface area contributed by atoms with Crippen LogP contribution < -0.4 is 5.32 Å². The molecule has 0 unspecified atom stereocenters. The summed E-state index contributed by atoms with van der Waals surface area (Å²) in [5, 5.41) is 12.4. The molecule has 126 valence electrons. The van der Waals surface area contributed by atoms with E-state index in [1.807, 2.05) is 19.1 Å². The highest BCUT2D eigenvalue weighted by Crippen LogP contribution is 2.28. The predicted molar refractivity (Wildman–Crippen MR) is 87.3 cm³/mol. The monoisotopic (exact) mass is 319 g/mol. The van der Waals surface area contributed by atoms with E-state index < -0.39 is 0 Å². The number of Topliss-reactive ketones (excluding diaryl/α,β-unsaturated/α-hetero) is 1. The van der Waals surface area contributed by atoms with Crippen LogP contribution in [0.2, 0.25) is 0 Å². The number of aliphatic hydroxyl groups is 1. The summed E-state index contributed by atoms with van der Waals surface area (Å²) in [5.41, 5.74) is 1.46. The fraction of sp³-hybridized carbons (Fsp3) is 0.556. The molecule has 1 amide bonds. The van der Waals surface area contributed by atoms with E-state index in [4.69, 9.17) is 4.74 Å². The number of hydrogen-bond acceptors (Lipinski definition) is 4. The molecular weight excluding hydrogens is 294 g/mol. The third-order valence-electron chi connectivity index (χ3n) is 4.50. The SMILES string of the molecule is Cc1ccc(C(=O)CCC(=O)NCC2(CO)CCOCC2)cc1. The average Bonchev–Trinajstić information content (AvgIpc) is 2.59. The van der Waals surface area contributed by atoms with Gasteiger partial charge in [-0.2, -0.15) is 0 Å². The minimum Gasteiger partial charge on any atom is -0.396 e. The number of benzene rings is 1. The average molecular weight is 319 g/mol. The van der Waals surface area contributed by atoms with Crippen molar-refractivity contribution >= 4 is 11.7 Å². The van der Waals surface area contributed by atoms with E-state index in [-0.39, 0.29) is 36.6 Å². The van der Waals surface area contributed by atoms with Crippen molar-refractivity contribution in [3.8, 4) is 0 Å². The largest absolute Gasteiger partial charge is 0.396 e. The van der Waals surface area contributed by atoms with Gasteiger partial charge in [0.1, 0.15) is 0 Å². The summed E-state index contributed by atoms with van der Waals surface area (Å²) in [6.45, 7) is 3.67. The maximum absolute atomic E-state index is 12.0. The molecule has 0 aromatic heterocycles. The van der Waals surface area contributed by atoms with Crippen LogP contribution in [0.1, 0.15) is 41.6 Å². The molecule has 5 nitrogen and oxygen atoms in total. The second-order valence-electron chi connectivity index (χ2n) is 6.34. The highest BCUT2D eigenvalue weighted by atomic mass is 16.5. The Hall–Kier alpha value is -1.72. The van der Waals surface area contributed by atoms with Gasteiger partial charge in [-0.05, 0) is 19.8 Å². The molecule has 23 heavy (non-hydrogen) atoms. The zero-order valence-electron chi connectivity index (χ0n) is 13.6. The normalized spacial score (nSPS) is 16.8. The van der Waals surface area contributed by atoms with Gasteiger partial charge in [0.15, 0.2) is 5.78 Å². The summed E-state index contributed by atoms with van der Waals surface area (Å²) in [6, 6.07) is 7.36. The van der Waals surface area contributed by atoms with Crippen molar-refractivity contribution in [2.24, 2.45) is 5.41 Å². The van der Waals surface area contributed by atoms with Crippen molar-refractivity contribution in [3.05, 3.63) is 35.4 Å². The molecule has 5 heteroatoms. The first-order valence-corrected chi connectivity index (χ1v) is 8.10. The maximum atomic E-state index is 12.0. The van der Waals surface area contributed by atoms with Crippen LogP contribution in [0.5, 0.6) is 0 Å². The standard InChI is InChI=1S/C18H25NO4/c1-14-2-4-15(5-3-14)16(21)6-7-17(22)19-12-18(13-20)8-10-23-11-9-18/h2-5,20H,6-13H2,1H3,(H,19,22). The fourth-order valence-corrected chi connectivity index (χ4v) is 2.68. The molecule has 0 aliphatic carbocycles. The summed E-state index contributed by atoms with van der Waals surface area (Å²) >= 11 is 0. The number of carbonyl (C=O) groups excluding carboxylic acids is 2. The molecule has 0 saturated carbocycles. The van der Waals surface area contributed by atoms with E-state index in [2.05, 4.69) is 5.32 Å². The molecule has 0 atom stereocenters. The lowest BCUT2D eigenvalue weighted by atomic mass is 9.81. The first-order chi connectivity index (χ1) is 11.0. The van der Waals surface area contributed by atoms with Gasteiger partial charge >= 0.3 is 0 Å². The lowest BCUT2D eigenvalue weighted by molar-refractivity contribution is -0.122. The molecule has 1 heterocycles. The van der Waals surface area contributed by atoms with E-state index in [1.165, 1.54) is 0 Å². The molecule has 0 radical (unpaired) electrons. The Labute approximate surface area is 137 Å². The minimum absolute atomic E-state index is 0.0249. The van der Waals surface area contributed by atoms with Crippen LogP contribution in [-0.2, 0) is 9.53 Å². The quantitative estimate of drug-likeness (QED) is 0.752. The Kier molecular flexibility index (Phi) is 6.30. The molecule has 1 aliphatic rings. The number of aryl methyl sites for hydroxylation is 1. The highest BCUT2D eigenvalue weighted by Gasteiger charge is 2.32. The van der Waals surface area contributed by atoms with Crippen LogP contribution in [-0.4, -0.2) is 43.2 Å². The molecule has 2 rings (SSSR count). The van der Waals surface area contributed by atoms with Crippen molar-refractivity contribution in [2.45, 2.75) is 32.6 Å². The second-order valence-corrected chi connectivity index (χ2v) is 6.34. The van der Waals surface area contributed by atoms with Gasteiger partial charge in [0, 0.05) is 43.6 Å². The van der Waals surface area contributed by atoms with Crippen molar-refractivity contribution in [1.29, 1.82) is 0 Å². The summed E-state index contributed by atoms with van der Waals surface area (Å²) in [5.74, 6) is -0.173. The van der Waals surface area contributed by atoms with Crippen molar-refractivity contribution in [1.82, 2.24) is 5.32 Å². The minimum atomic E-state index is -0.283. The number of carbonyl (C=O) groups is 2. The lowest BCUT2D eigenvalue weighted by Crippen LogP contribution is -2.43. The van der Waals surface area contributed by atoms with E-state index in [0.29, 0.717) is 25.3 Å². The summed E-state index contributed by atoms with van der Waals surface area (Å²) in [6.07, 6.45) is 1.85. The van der Waals surface area contributed by atoms with Gasteiger partial charge in [-0.15, -0.1) is 0 Å². The topological polar surface area (TPSA) is 75.6 Å². The number of ketones is 1. The smallest absolute Gasteiger partial charge is 0.220 e. The number of nitrogens with one attached hydrogen (secondary N) is 1. The van der Waals surface area contributed by atoms with Gasteiger partial charge in [0.25, 0.3) is 0 Å². The Bertz CT molecular complexity index is 532. The molecule has 1 aliphatic heterocycles. The van der Waals surface area contributed by atoms with Crippen LogP contribution in [0.25, 0.3) is 0 Å². The molecule has 2 N–H and O–H groups in total. The zero-order valence-corrected chi connectivity index (χ0v) is 13.6. The van der Waals surface area contributed by atoms with Crippen LogP contribution in [0.3, 0.4) is 0 Å². The van der Waals surface area contributed by atoms with Crippen LogP contribution in [0.15, 0.2) is 24.3 Å². The van der Waals surface area contributed by atoms with Gasteiger partial charge in [-0.25, -0.2) is 0 Å². The van der Waals surface area contributed by atoms with Crippen molar-refractivity contribution in [2.75, 3.05) is 26.4 Å². The van der Waals surface area contributed by atoms with Crippen LogP contribution in [0, 0.1) is 12.3 Å². The van der Waals surface area contributed by atoms with Gasteiger partial charge < -0.3 is 15.2 Å². The van der Waals surface area contributed by atoms with E-state index >= 15 is 0 Å². The maximum Gasteiger partial charge on any atom is 0.220 e. The summed E-state index contributed by atoms with van der Waals surface area (Å²) in [7, 11) is 0. The van der Waals surface area contributed by atoms with Gasteiger partial charge in [0.2, 0.25) is 5.91 Å². The van der Waals surface area contributed by atoms with Gasteiger partial charge in [0.05, 0.1) is 6.61 Å². The van der Waals surface area contributed by atoms with Crippen LogP contribution >= 0.6 is 0 Å². The molecule has 1 fully saturated rings. The molecular formula is C18H25NO4. The Morgan fingerprint density at radius 1 is 1.17 bits per heavy atom. The third kappa shape index (κ3) is 5.15. The molecule has 1 aromatic carbocycles. The molecule has 1 saturated heterocycles. The second kappa shape index (κ2) is 8.22. The Morgan fingerprint density at radius 3 is 2.43 bits per heavy atom. The zero-order chi connectivity index (χ0) is 16.7. The number of ether oxygens (including phenoxy) is 1. The molecule has 1 aromatic rings. The summed E-state index contributed by atoms with van der Waals surface area (Å²) < 4.78 is 5.30. The number of amides is 1. The highest BCUT2D eigenvalue weighted by molar-refractivity contribution is 5.97. The molecule has 0 spiro atoms.